The Balaban J connectivity index is 2.00. The van der Waals surface area contributed by atoms with Gasteiger partial charge in [0.1, 0.15) is 5.69 Å². The van der Waals surface area contributed by atoms with Crippen LogP contribution in [0.3, 0.4) is 0 Å². The van der Waals surface area contributed by atoms with E-state index in [2.05, 4.69) is 4.98 Å². The van der Waals surface area contributed by atoms with Gasteiger partial charge in [-0.25, -0.2) is 4.98 Å². The number of carbonyl (C=O) groups is 2. The number of rotatable bonds is 1. The first-order valence-electron chi connectivity index (χ1n) is 5.54. The van der Waals surface area contributed by atoms with Crippen molar-refractivity contribution in [1.29, 1.82) is 0 Å². The summed E-state index contributed by atoms with van der Waals surface area (Å²) in [4.78, 5) is 31.9. The molecule has 0 unspecified atom stereocenters. The van der Waals surface area contributed by atoms with Gasteiger partial charge >= 0.3 is 0 Å². The van der Waals surface area contributed by atoms with Crippen molar-refractivity contribution in [2.24, 2.45) is 0 Å². The lowest BCUT2D eigenvalue weighted by Crippen LogP contribution is -2.50. The highest BCUT2D eigenvalue weighted by Gasteiger charge is 2.25. The average Bonchev–Trinajstić information content (AvgIpc) is 2.74. The Hall–Kier alpha value is -1.43. The maximum Gasteiger partial charge on any atom is 0.273 e. The molecule has 6 heteroatoms. The highest BCUT2D eigenvalue weighted by atomic mass is 32.1. The first-order valence-corrected chi connectivity index (χ1v) is 6.42. The van der Waals surface area contributed by atoms with Crippen LogP contribution < -0.4 is 0 Å². The number of thiazole rings is 1. The van der Waals surface area contributed by atoms with Gasteiger partial charge in [-0.3, -0.25) is 9.59 Å². The maximum absolute atomic E-state index is 12.1. The minimum absolute atomic E-state index is 0.0213. The number of aromatic nitrogens is 1. The Morgan fingerprint density at radius 3 is 2.29 bits per heavy atom. The van der Waals surface area contributed by atoms with Gasteiger partial charge < -0.3 is 9.80 Å². The summed E-state index contributed by atoms with van der Waals surface area (Å²) in [7, 11) is 0. The zero-order valence-corrected chi connectivity index (χ0v) is 10.8. The van der Waals surface area contributed by atoms with Crippen LogP contribution in [-0.4, -0.2) is 52.8 Å². The van der Waals surface area contributed by atoms with Crippen molar-refractivity contribution in [3.05, 3.63) is 16.1 Å². The van der Waals surface area contributed by atoms with Crippen LogP contribution in [0.25, 0.3) is 0 Å². The predicted octanol–water partition coefficient (Wildman–Crippen LogP) is 0.756. The standard InChI is InChI=1S/C11H15N3O2S/c1-8-10(12-7-17-8)11(16)14-5-3-13(4-6-14)9(2)15/h7H,3-6H2,1-2H3. The summed E-state index contributed by atoms with van der Waals surface area (Å²) in [6.45, 7) is 5.87. The molecule has 2 amide bonds. The third-order valence-electron chi connectivity index (χ3n) is 2.96. The van der Waals surface area contributed by atoms with Crippen LogP contribution in [0.5, 0.6) is 0 Å². The third kappa shape index (κ3) is 2.46. The number of nitrogens with zero attached hydrogens (tertiary/aromatic N) is 3. The molecular formula is C11H15N3O2S. The van der Waals surface area contributed by atoms with Crippen LogP contribution in [0.4, 0.5) is 0 Å². The molecule has 0 aliphatic carbocycles. The fourth-order valence-electron chi connectivity index (χ4n) is 1.88. The van der Waals surface area contributed by atoms with Gasteiger partial charge in [0.15, 0.2) is 0 Å². The highest BCUT2D eigenvalue weighted by molar-refractivity contribution is 7.09. The molecule has 92 valence electrons. The smallest absolute Gasteiger partial charge is 0.273 e. The van der Waals surface area contributed by atoms with E-state index in [1.807, 2.05) is 6.92 Å². The lowest BCUT2D eigenvalue weighted by molar-refractivity contribution is -0.130. The summed E-state index contributed by atoms with van der Waals surface area (Å²) in [5.41, 5.74) is 2.24. The number of piperazine rings is 1. The van der Waals surface area contributed by atoms with E-state index in [1.54, 1.807) is 22.2 Å². The first-order chi connectivity index (χ1) is 8.09. The molecule has 0 saturated carbocycles. The van der Waals surface area contributed by atoms with Gasteiger partial charge in [0.2, 0.25) is 5.91 Å². The molecule has 1 saturated heterocycles. The third-order valence-corrected chi connectivity index (χ3v) is 3.72. The zero-order valence-electron chi connectivity index (χ0n) is 9.97. The van der Waals surface area contributed by atoms with Crippen LogP contribution in [0.2, 0.25) is 0 Å². The second-order valence-corrected chi connectivity index (χ2v) is 5.11. The van der Waals surface area contributed by atoms with E-state index < -0.39 is 0 Å². The van der Waals surface area contributed by atoms with E-state index in [0.29, 0.717) is 31.9 Å². The van der Waals surface area contributed by atoms with Gasteiger partial charge in [-0.15, -0.1) is 11.3 Å². The van der Waals surface area contributed by atoms with E-state index in [-0.39, 0.29) is 11.8 Å². The lowest BCUT2D eigenvalue weighted by atomic mass is 10.2. The molecule has 17 heavy (non-hydrogen) atoms. The van der Waals surface area contributed by atoms with Crippen molar-refractivity contribution in [2.45, 2.75) is 13.8 Å². The fourth-order valence-corrected chi connectivity index (χ4v) is 2.45. The Kier molecular flexibility index (Phi) is 3.42. The number of hydrogen-bond donors (Lipinski definition) is 0. The Morgan fingerprint density at radius 2 is 1.82 bits per heavy atom. The zero-order chi connectivity index (χ0) is 12.4. The molecule has 1 aromatic heterocycles. The van der Waals surface area contributed by atoms with E-state index in [4.69, 9.17) is 0 Å². The van der Waals surface area contributed by atoms with Crippen LogP contribution in [0.1, 0.15) is 22.3 Å². The van der Waals surface area contributed by atoms with Gasteiger partial charge in [-0.05, 0) is 6.92 Å². The quantitative estimate of drug-likeness (QED) is 0.742. The number of carbonyl (C=O) groups excluding carboxylic acids is 2. The minimum Gasteiger partial charge on any atom is -0.339 e. The van der Waals surface area contributed by atoms with Crippen LogP contribution in [0, 0.1) is 6.92 Å². The van der Waals surface area contributed by atoms with Gasteiger partial charge in [-0.2, -0.15) is 0 Å². The van der Waals surface area contributed by atoms with Gasteiger partial charge in [0, 0.05) is 38.0 Å². The molecular weight excluding hydrogens is 238 g/mol. The normalized spacial score (nSPS) is 16.1. The average molecular weight is 253 g/mol. The maximum atomic E-state index is 12.1. The van der Waals surface area contributed by atoms with E-state index in [9.17, 15) is 9.59 Å². The van der Waals surface area contributed by atoms with Gasteiger partial charge in [0.25, 0.3) is 5.91 Å². The van der Waals surface area contributed by atoms with Crippen LogP contribution >= 0.6 is 11.3 Å². The highest BCUT2D eigenvalue weighted by Crippen LogP contribution is 2.15. The Bertz CT molecular complexity index is 436. The summed E-state index contributed by atoms with van der Waals surface area (Å²) in [5.74, 6) is 0.0499. The Morgan fingerprint density at radius 1 is 1.24 bits per heavy atom. The molecule has 0 aromatic carbocycles. The summed E-state index contributed by atoms with van der Waals surface area (Å²) in [6.07, 6.45) is 0. The molecule has 1 aliphatic rings. The molecule has 1 fully saturated rings. The lowest BCUT2D eigenvalue weighted by Gasteiger charge is -2.33. The molecule has 2 rings (SSSR count). The van der Waals surface area contributed by atoms with E-state index >= 15 is 0 Å². The topological polar surface area (TPSA) is 53.5 Å². The number of hydrogen-bond acceptors (Lipinski definition) is 4. The molecule has 1 aromatic rings. The second kappa shape index (κ2) is 4.83. The second-order valence-electron chi connectivity index (χ2n) is 4.06. The summed E-state index contributed by atoms with van der Waals surface area (Å²) < 4.78 is 0. The molecule has 0 radical (unpaired) electrons. The van der Waals surface area contributed by atoms with E-state index in [1.165, 1.54) is 11.3 Å². The summed E-state index contributed by atoms with van der Waals surface area (Å²) in [5, 5.41) is 0. The van der Waals surface area contributed by atoms with Gasteiger partial charge in [0.05, 0.1) is 5.51 Å². The molecule has 1 aliphatic heterocycles. The molecule has 0 bridgehead atoms. The van der Waals surface area contributed by atoms with Gasteiger partial charge in [-0.1, -0.05) is 0 Å². The Labute approximate surface area is 104 Å². The van der Waals surface area contributed by atoms with Crippen molar-refractivity contribution < 1.29 is 9.59 Å². The van der Waals surface area contributed by atoms with Crippen molar-refractivity contribution in [1.82, 2.24) is 14.8 Å². The molecule has 0 atom stereocenters. The minimum atomic E-state index is -0.0213. The van der Waals surface area contributed by atoms with Crippen LogP contribution in [-0.2, 0) is 4.79 Å². The largest absolute Gasteiger partial charge is 0.339 e. The monoisotopic (exact) mass is 253 g/mol. The predicted molar refractivity (Wildman–Crippen MR) is 65.0 cm³/mol. The molecule has 5 nitrogen and oxygen atoms in total. The van der Waals surface area contributed by atoms with Crippen molar-refractivity contribution in [2.75, 3.05) is 26.2 Å². The SMILES string of the molecule is CC(=O)N1CCN(C(=O)c2ncsc2C)CC1. The summed E-state index contributed by atoms with van der Waals surface area (Å²) >= 11 is 1.48. The van der Waals surface area contributed by atoms with Crippen molar-refractivity contribution in [3.8, 4) is 0 Å². The fraction of sp³-hybridized carbons (Fsp3) is 0.545. The molecule has 0 N–H and O–H groups in total. The van der Waals surface area contributed by atoms with Crippen molar-refractivity contribution >= 4 is 23.2 Å². The first kappa shape index (κ1) is 12.0. The number of amides is 2. The van der Waals surface area contributed by atoms with Crippen molar-refractivity contribution in [3.63, 3.8) is 0 Å². The molecule has 0 spiro atoms. The molecule has 2 heterocycles. The van der Waals surface area contributed by atoms with Crippen LogP contribution in [0.15, 0.2) is 5.51 Å². The number of aryl methyl sites for hydroxylation is 1. The summed E-state index contributed by atoms with van der Waals surface area (Å²) in [6, 6.07) is 0. The van der Waals surface area contributed by atoms with E-state index in [0.717, 1.165) is 4.88 Å².